The van der Waals surface area contributed by atoms with Gasteiger partial charge < -0.3 is 25.0 Å². The van der Waals surface area contributed by atoms with Gasteiger partial charge in [-0.25, -0.2) is 22.9 Å². The lowest BCUT2D eigenvalue weighted by Gasteiger charge is -2.57. The zero-order valence-electron chi connectivity index (χ0n) is 32.5. The number of alkyl halides is 4. The predicted octanol–water partition coefficient (Wildman–Crippen LogP) is 7.47. The fourth-order valence-corrected chi connectivity index (χ4v) is 11.5. The Morgan fingerprint density at radius 1 is 1.15 bits per heavy atom. The van der Waals surface area contributed by atoms with Crippen molar-refractivity contribution < 1.29 is 40.6 Å². The maximum Gasteiger partial charge on any atom is 0.453 e. The predicted molar refractivity (Wildman–Crippen MR) is 212 cm³/mol. The second kappa shape index (κ2) is 14.5. The molecule has 2 unspecified atom stereocenters. The summed E-state index contributed by atoms with van der Waals surface area (Å²) < 4.78 is 101. The van der Waals surface area contributed by atoms with E-state index in [0.29, 0.717) is 30.5 Å². The van der Waals surface area contributed by atoms with E-state index in [2.05, 4.69) is 21.1 Å². The lowest BCUT2D eigenvalue weighted by molar-refractivity contribution is -0.144. The lowest BCUT2D eigenvalue weighted by Crippen LogP contribution is -2.66. The lowest BCUT2D eigenvalue weighted by atomic mass is 9.71. The van der Waals surface area contributed by atoms with Gasteiger partial charge in [-0.3, -0.25) is 4.90 Å². The SMILES string of the molecule is N#CCC1CC2CCC3(CN(C(=O)n4cnc(C(F)(F)F)n4)C3)CN2c2nc(OC[C@@]34CCCN3C[C@H](F)C4)nc3c(F)c(-c4ccc(F)c5sc(N)c(C#N)c45)c(Cl)c(c23)O1. The van der Waals surface area contributed by atoms with Crippen LogP contribution in [0.1, 0.15) is 56.3 Å². The molecule has 5 aromatic rings. The van der Waals surface area contributed by atoms with Crippen molar-refractivity contribution in [2.24, 2.45) is 5.41 Å². The van der Waals surface area contributed by atoms with Gasteiger partial charge in [0, 0.05) is 61.4 Å². The smallest absolute Gasteiger partial charge is 0.453 e. The van der Waals surface area contributed by atoms with Gasteiger partial charge in [0.2, 0.25) is 0 Å². The van der Waals surface area contributed by atoms with Crippen LogP contribution < -0.4 is 20.1 Å². The molecule has 8 heterocycles. The molecule has 0 radical (unpaired) electrons. The van der Waals surface area contributed by atoms with Crippen LogP contribution in [0.25, 0.3) is 32.1 Å². The molecule has 4 atom stereocenters. The third-order valence-electron chi connectivity index (χ3n) is 13.0. The summed E-state index contributed by atoms with van der Waals surface area (Å²) >= 11 is 8.04. The summed E-state index contributed by atoms with van der Waals surface area (Å²) in [5.74, 6) is -2.98. The molecular weight excluding hydrogens is 864 g/mol. The van der Waals surface area contributed by atoms with Crippen molar-refractivity contribution in [3.8, 4) is 35.0 Å². The molecule has 5 aliphatic rings. The van der Waals surface area contributed by atoms with Crippen LogP contribution >= 0.6 is 22.9 Å². The van der Waals surface area contributed by atoms with Gasteiger partial charge in [-0.2, -0.15) is 38.3 Å². The number of rotatable bonds is 5. The first-order valence-corrected chi connectivity index (χ1v) is 21.1. The summed E-state index contributed by atoms with van der Waals surface area (Å²) in [6, 6.07) is 5.22. The number of nitrogens with two attached hydrogens (primary N) is 1. The van der Waals surface area contributed by atoms with Crippen molar-refractivity contribution in [2.45, 2.75) is 75.0 Å². The molecular formula is C40H34ClF6N11O3S. The second-order valence-corrected chi connectivity index (χ2v) is 18.2. The van der Waals surface area contributed by atoms with Crippen molar-refractivity contribution in [3.05, 3.63) is 46.5 Å². The minimum absolute atomic E-state index is 0.00708. The molecule has 2 aromatic carbocycles. The first kappa shape index (κ1) is 40.4. The average Bonchev–Trinajstić information content (AvgIpc) is 4.00. The fraction of sp³-hybridized carbons (Fsp3) is 0.475. The zero-order valence-corrected chi connectivity index (χ0v) is 34.1. The molecule has 0 aliphatic carbocycles. The number of fused-ring (bicyclic) bond motifs is 4. The number of ether oxygens (including phenoxy) is 2. The fourth-order valence-electron chi connectivity index (χ4n) is 10.2. The maximum atomic E-state index is 17.8. The minimum atomic E-state index is -4.84. The Balaban J connectivity index is 1.12. The molecule has 322 valence electrons. The number of nitrogen functional groups attached to an aromatic ring is 1. The Hall–Kier alpha value is -5.64. The average molecular weight is 898 g/mol. The number of halogens is 7. The number of likely N-dealkylation sites (tertiary alicyclic amines) is 1. The molecule has 1 spiro atoms. The Labute approximate surface area is 357 Å². The van der Waals surface area contributed by atoms with Crippen molar-refractivity contribution in [3.63, 3.8) is 0 Å². The van der Waals surface area contributed by atoms with Crippen molar-refractivity contribution in [1.29, 1.82) is 10.5 Å². The number of anilines is 2. The summed E-state index contributed by atoms with van der Waals surface area (Å²) in [5, 5.41) is 23.2. The van der Waals surface area contributed by atoms with Crippen molar-refractivity contribution in [2.75, 3.05) is 50.0 Å². The van der Waals surface area contributed by atoms with E-state index >= 15 is 8.78 Å². The number of hydrogen-bond acceptors (Lipinski definition) is 13. The minimum Gasteiger partial charge on any atom is -0.487 e. The highest BCUT2D eigenvalue weighted by Crippen LogP contribution is 2.53. The van der Waals surface area contributed by atoms with Crippen LogP contribution in [-0.2, 0) is 6.18 Å². The zero-order chi connectivity index (χ0) is 43.5. The first-order chi connectivity index (χ1) is 29.6. The molecule has 0 bridgehead atoms. The van der Waals surface area contributed by atoms with Crippen LogP contribution in [0.3, 0.4) is 0 Å². The number of carbonyl (C=O) groups is 1. The maximum absolute atomic E-state index is 17.8. The van der Waals surface area contributed by atoms with Crippen LogP contribution in [0.15, 0.2) is 18.5 Å². The van der Waals surface area contributed by atoms with E-state index in [1.165, 1.54) is 11.0 Å². The molecule has 2 N–H and O–H groups in total. The number of piperidine rings is 1. The highest BCUT2D eigenvalue weighted by Gasteiger charge is 2.53. The van der Waals surface area contributed by atoms with Gasteiger partial charge in [0.1, 0.15) is 53.4 Å². The number of nitrogens with zero attached hydrogens (tertiary/aromatic N) is 10. The number of carbonyl (C=O) groups excluding carboxylic acids is 1. The highest BCUT2D eigenvalue weighted by molar-refractivity contribution is 7.23. The molecule has 1 amide bonds. The van der Waals surface area contributed by atoms with E-state index in [1.807, 2.05) is 15.9 Å². The quantitative estimate of drug-likeness (QED) is 0.173. The topological polar surface area (TPSA) is 175 Å². The molecule has 14 nitrogen and oxygen atoms in total. The molecule has 22 heteroatoms. The number of thiophene rings is 1. The number of benzene rings is 2. The van der Waals surface area contributed by atoms with Crippen LogP contribution in [0, 0.1) is 39.7 Å². The van der Waals surface area contributed by atoms with Gasteiger partial charge in [0.05, 0.1) is 38.7 Å². The number of nitriles is 2. The Morgan fingerprint density at radius 2 is 1.95 bits per heavy atom. The Bertz CT molecular complexity index is 2780. The van der Waals surface area contributed by atoms with E-state index in [9.17, 15) is 32.9 Å². The number of hydrogen-bond donors (Lipinski definition) is 1. The molecule has 3 aromatic heterocycles. The molecule has 10 rings (SSSR count). The van der Waals surface area contributed by atoms with E-state index < -0.39 is 52.9 Å². The van der Waals surface area contributed by atoms with E-state index in [-0.39, 0.29) is 123 Å². The van der Waals surface area contributed by atoms with E-state index in [4.69, 9.17) is 31.8 Å². The summed E-state index contributed by atoms with van der Waals surface area (Å²) in [6.45, 7) is 1.47. The Kier molecular flexibility index (Phi) is 9.43. The van der Waals surface area contributed by atoms with Crippen LogP contribution in [0.5, 0.6) is 11.8 Å². The molecule has 5 aliphatic heterocycles. The molecule has 0 saturated carbocycles. The van der Waals surface area contributed by atoms with E-state index in [1.54, 1.807) is 0 Å². The summed E-state index contributed by atoms with van der Waals surface area (Å²) in [7, 11) is 0. The van der Waals surface area contributed by atoms with E-state index in [0.717, 1.165) is 30.2 Å². The number of amides is 1. The second-order valence-electron chi connectivity index (χ2n) is 16.8. The largest absolute Gasteiger partial charge is 0.487 e. The van der Waals surface area contributed by atoms with Crippen molar-refractivity contribution >= 4 is 60.8 Å². The van der Waals surface area contributed by atoms with Gasteiger partial charge in [0.25, 0.3) is 5.82 Å². The van der Waals surface area contributed by atoms with Gasteiger partial charge in [-0.05, 0) is 43.9 Å². The molecule has 4 fully saturated rings. The monoisotopic (exact) mass is 897 g/mol. The van der Waals surface area contributed by atoms with Crippen molar-refractivity contribution in [1.82, 2.24) is 34.5 Å². The molecule has 62 heavy (non-hydrogen) atoms. The Morgan fingerprint density at radius 3 is 2.69 bits per heavy atom. The third kappa shape index (κ3) is 6.33. The summed E-state index contributed by atoms with van der Waals surface area (Å²) in [6.07, 6.45) is -2.93. The van der Waals surface area contributed by atoms with Gasteiger partial charge >= 0.3 is 18.2 Å². The van der Waals surface area contributed by atoms with Gasteiger partial charge in [0.15, 0.2) is 11.6 Å². The van der Waals surface area contributed by atoms with Crippen LogP contribution in [-0.4, -0.2) is 104 Å². The van der Waals surface area contributed by atoms with Crippen LogP contribution in [0.2, 0.25) is 5.02 Å². The summed E-state index contributed by atoms with van der Waals surface area (Å²) in [4.78, 5) is 31.4. The van der Waals surface area contributed by atoms with Gasteiger partial charge in [-0.15, -0.1) is 16.4 Å². The first-order valence-electron chi connectivity index (χ1n) is 19.9. The van der Waals surface area contributed by atoms with Crippen LogP contribution in [0.4, 0.5) is 42.0 Å². The normalized spacial score (nSPS) is 24.2. The highest BCUT2D eigenvalue weighted by atomic mass is 35.5. The summed E-state index contributed by atoms with van der Waals surface area (Å²) in [5.41, 5.74) is 4.35. The molecule has 4 saturated heterocycles. The van der Waals surface area contributed by atoms with Gasteiger partial charge in [-0.1, -0.05) is 17.7 Å². The number of aromatic nitrogens is 5. The standard InChI is InChI=1S/C40H34ClF6N11O3S/c41-28-26(22-2-3-24(43)32-25(22)23(12-49)33(50)62-32)29(44)30-27-31(28)61-21(5-8-48)10-20-4-7-38(14-55(15-38)37(59)58-18-51-35(54-58)40(45,46)47)16-57(20)34(27)53-36(52-30)60-17-39-6-1-9-56(39)13-19(42)11-39/h2-3,18-21H,1,4-7,9-11,13-17,50H2/t19-,20?,21?,39+/m1/s1. The third-order valence-corrected chi connectivity index (χ3v) is 14.4.